The summed E-state index contributed by atoms with van der Waals surface area (Å²) in [6, 6.07) is 2.07. The van der Waals surface area contributed by atoms with Crippen LogP contribution in [0.2, 0.25) is 0 Å². The lowest BCUT2D eigenvalue weighted by atomic mass is 10.3. The third kappa shape index (κ3) is 7.29. The Morgan fingerprint density at radius 3 is 2.77 bits per heavy atom. The molecule has 0 fully saturated rings. The molecule has 0 aromatic rings. The Morgan fingerprint density at radius 1 is 1.54 bits per heavy atom. The van der Waals surface area contributed by atoms with Gasteiger partial charge in [0.15, 0.2) is 0 Å². The first-order chi connectivity index (χ1) is 6.20. The fourth-order valence-electron chi connectivity index (χ4n) is 0.931. The van der Waals surface area contributed by atoms with Gasteiger partial charge in [0.25, 0.3) is 0 Å². The molecule has 1 N–H and O–H groups in total. The average molecular weight is 183 g/mol. The van der Waals surface area contributed by atoms with Gasteiger partial charge in [0.05, 0.1) is 6.07 Å². The molecule has 74 valence electrons. The number of nitrogens with zero attached hydrogens (tertiary/aromatic N) is 2. The molecule has 0 heterocycles. The van der Waals surface area contributed by atoms with E-state index in [0.29, 0.717) is 25.9 Å². The molecule has 0 unspecified atom stereocenters. The van der Waals surface area contributed by atoms with Crippen molar-refractivity contribution in [3.63, 3.8) is 0 Å². The first-order valence-corrected chi connectivity index (χ1v) is 4.53. The van der Waals surface area contributed by atoms with E-state index in [0.717, 1.165) is 6.54 Å². The standard InChI is InChI=1S/C9H17N3O/c1-3-11-9(13)5-8-12(2)7-4-6-10/h3-5,7-8H2,1-2H3,(H,11,13). The summed E-state index contributed by atoms with van der Waals surface area (Å²) in [4.78, 5) is 13.0. The van der Waals surface area contributed by atoms with Crippen LogP contribution in [0.15, 0.2) is 0 Å². The fraction of sp³-hybridized carbons (Fsp3) is 0.778. The highest BCUT2D eigenvalue weighted by molar-refractivity contribution is 5.75. The van der Waals surface area contributed by atoms with E-state index in [4.69, 9.17) is 5.26 Å². The molecule has 0 radical (unpaired) electrons. The second-order valence-electron chi connectivity index (χ2n) is 2.91. The van der Waals surface area contributed by atoms with Crippen LogP contribution in [0, 0.1) is 11.3 Å². The number of hydrogen-bond acceptors (Lipinski definition) is 3. The summed E-state index contributed by atoms with van der Waals surface area (Å²) in [5.74, 6) is 0.0753. The minimum Gasteiger partial charge on any atom is -0.356 e. The molecule has 4 nitrogen and oxygen atoms in total. The van der Waals surface area contributed by atoms with Crippen molar-refractivity contribution in [2.45, 2.75) is 19.8 Å². The van der Waals surface area contributed by atoms with Gasteiger partial charge in [-0.25, -0.2) is 0 Å². The van der Waals surface area contributed by atoms with Gasteiger partial charge < -0.3 is 10.2 Å². The summed E-state index contributed by atoms with van der Waals surface area (Å²) in [5, 5.41) is 11.0. The number of nitrogens with one attached hydrogen (secondary N) is 1. The topological polar surface area (TPSA) is 56.1 Å². The minimum absolute atomic E-state index is 0.0753. The Labute approximate surface area is 79.5 Å². The van der Waals surface area contributed by atoms with E-state index in [9.17, 15) is 4.79 Å². The van der Waals surface area contributed by atoms with Crippen molar-refractivity contribution in [1.29, 1.82) is 5.26 Å². The molecular weight excluding hydrogens is 166 g/mol. The lowest BCUT2D eigenvalue weighted by Gasteiger charge is -2.13. The highest BCUT2D eigenvalue weighted by Gasteiger charge is 2.02. The molecule has 0 spiro atoms. The van der Waals surface area contributed by atoms with Gasteiger partial charge in [-0.2, -0.15) is 5.26 Å². The van der Waals surface area contributed by atoms with Crippen LogP contribution in [0.4, 0.5) is 0 Å². The highest BCUT2D eigenvalue weighted by Crippen LogP contribution is 1.89. The van der Waals surface area contributed by atoms with Gasteiger partial charge >= 0.3 is 0 Å². The molecule has 0 bridgehead atoms. The number of nitriles is 1. The molecule has 1 amide bonds. The zero-order valence-electron chi connectivity index (χ0n) is 8.34. The van der Waals surface area contributed by atoms with E-state index in [2.05, 4.69) is 11.4 Å². The zero-order chi connectivity index (χ0) is 10.1. The maximum atomic E-state index is 11.0. The van der Waals surface area contributed by atoms with Crippen LogP contribution in [-0.4, -0.2) is 37.5 Å². The Morgan fingerprint density at radius 2 is 2.23 bits per heavy atom. The fourth-order valence-corrected chi connectivity index (χ4v) is 0.931. The Balaban J connectivity index is 3.41. The zero-order valence-corrected chi connectivity index (χ0v) is 8.34. The summed E-state index contributed by atoms with van der Waals surface area (Å²) in [7, 11) is 1.91. The second-order valence-corrected chi connectivity index (χ2v) is 2.91. The van der Waals surface area contributed by atoms with Gasteiger partial charge in [0, 0.05) is 32.5 Å². The van der Waals surface area contributed by atoms with Gasteiger partial charge in [0.1, 0.15) is 0 Å². The predicted octanol–water partition coefficient (Wildman–Crippen LogP) is 0.358. The lowest BCUT2D eigenvalue weighted by molar-refractivity contribution is -0.121. The monoisotopic (exact) mass is 183 g/mol. The van der Waals surface area contributed by atoms with Crippen LogP contribution in [0.3, 0.4) is 0 Å². The van der Waals surface area contributed by atoms with Crippen molar-refractivity contribution in [3.05, 3.63) is 0 Å². The van der Waals surface area contributed by atoms with Crippen molar-refractivity contribution in [3.8, 4) is 6.07 Å². The summed E-state index contributed by atoms with van der Waals surface area (Å²) >= 11 is 0. The molecule has 0 rings (SSSR count). The van der Waals surface area contributed by atoms with Crippen molar-refractivity contribution >= 4 is 5.91 Å². The van der Waals surface area contributed by atoms with E-state index in [1.54, 1.807) is 0 Å². The maximum Gasteiger partial charge on any atom is 0.221 e. The summed E-state index contributed by atoms with van der Waals surface area (Å²) in [5.41, 5.74) is 0. The molecule has 0 saturated heterocycles. The number of carbonyl (C=O) groups is 1. The van der Waals surface area contributed by atoms with Crippen LogP contribution < -0.4 is 5.32 Å². The van der Waals surface area contributed by atoms with Crippen LogP contribution in [0.1, 0.15) is 19.8 Å². The highest BCUT2D eigenvalue weighted by atomic mass is 16.1. The van der Waals surface area contributed by atoms with Crippen molar-refractivity contribution in [2.75, 3.05) is 26.7 Å². The minimum atomic E-state index is 0.0753. The quantitative estimate of drug-likeness (QED) is 0.646. The van der Waals surface area contributed by atoms with Crippen molar-refractivity contribution < 1.29 is 4.79 Å². The molecule has 0 aliphatic carbocycles. The van der Waals surface area contributed by atoms with Crippen LogP contribution in [-0.2, 0) is 4.79 Å². The molecule has 0 aromatic carbocycles. The van der Waals surface area contributed by atoms with E-state index in [1.165, 1.54) is 0 Å². The molecule has 4 heteroatoms. The number of hydrogen-bond donors (Lipinski definition) is 1. The molecule has 0 saturated carbocycles. The number of amides is 1. The van der Waals surface area contributed by atoms with Crippen molar-refractivity contribution in [1.82, 2.24) is 10.2 Å². The Bertz CT molecular complexity index is 186. The SMILES string of the molecule is CCNC(=O)CCN(C)CCC#N. The van der Waals surface area contributed by atoms with Gasteiger partial charge in [-0.3, -0.25) is 4.79 Å². The second kappa shape index (κ2) is 7.56. The van der Waals surface area contributed by atoms with Crippen LogP contribution in [0.25, 0.3) is 0 Å². The third-order valence-corrected chi connectivity index (χ3v) is 1.70. The maximum absolute atomic E-state index is 11.0. The van der Waals surface area contributed by atoms with Crippen molar-refractivity contribution in [2.24, 2.45) is 0 Å². The normalized spacial score (nSPS) is 9.69. The van der Waals surface area contributed by atoms with Gasteiger partial charge in [-0.15, -0.1) is 0 Å². The molecule has 0 aliphatic rings. The first kappa shape index (κ1) is 11.9. The van der Waals surface area contributed by atoms with Crippen LogP contribution >= 0.6 is 0 Å². The largest absolute Gasteiger partial charge is 0.356 e. The van der Waals surface area contributed by atoms with Gasteiger partial charge in [0.2, 0.25) is 5.91 Å². The van der Waals surface area contributed by atoms with Gasteiger partial charge in [-0.1, -0.05) is 0 Å². The Kier molecular flexibility index (Phi) is 6.93. The number of carbonyl (C=O) groups excluding carboxylic acids is 1. The van der Waals surface area contributed by atoms with E-state index >= 15 is 0 Å². The molecule has 0 atom stereocenters. The number of rotatable bonds is 6. The summed E-state index contributed by atoms with van der Waals surface area (Å²) < 4.78 is 0. The van der Waals surface area contributed by atoms with Gasteiger partial charge in [-0.05, 0) is 14.0 Å². The summed E-state index contributed by atoms with van der Waals surface area (Å²) in [6.45, 7) is 4.03. The van der Waals surface area contributed by atoms with E-state index in [-0.39, 0.29) is 5.91 Å². The van der Waals surface area contributed by atoms with E-state index in [1.807, 2.05) is 18.9 Å². The lowest BCUT2D eigenvalue weighted by Crippen LogP contribution is -2.29. The smallest absolute Gasteiger partial charge is 0.221 e. The Hall–Kier alpha value is -1.08. The molecule has 13 heavy (non-hydrogen) atoms. The van der Waals surface area contributed by atoms with Crippen LogP contribution in [0.5, 0.6) is 0 Å². The first-order valence-electron chi connectivity index (χ1n) is 4.53. The molecule has 0 aliphatic heterocycles. The predicted molar refractivity (Wildman–Crippen MR) is 51.0 cm³/mol. The van der Waals surface area contributed by atoms with E-state index < -0.39 is 0 Å². The molecule has 0 aromatic heterocycles. The molecular formula is C9H17N3O. The average Bonchev–Trinajstić information content (AvgIpc) is 2.12. The third-order valence-electron chi connectivity index (χ3n) is 1.70. The summed E-state index contributed by atoms with van der Waals surface area (Å²) in [6.07, 6.45) is 1.03.